The molecule has 2 aromatic carbocycles. The third-order valence-electron chi connectivity index (χ3n) is 5.38. The Hall–Kier alpha value is -2.99. The predicted octanol–water partition coefficient (Wildman–Crippen LogP) is 3.03. The van der Waals surface area contributed by atoms with Crippen LogP contribution >= 0.6 is 0 Å². The molecule has 0 aliphatic carbocycles. The predicted molar refractivity (Wildman–Crippen MR) is 109 cm³/mol. The zero-order chi connectivity index (χ0) is 19.7. The molecule has 1 unspecified atom stereocenters. The molecule has 0 spiro atoms. The molecule has 1 aliphatic heterocycles. The van der Waals surface area contributed by atoms with Crippen LogP contribution < -0.4 is 10.6 Å². The lowest BCUT2D eigenvalue weighted by molar-refractivity contribution is -0.133. The van der Waals surface area contributed by atoms with Crippen molar-refractivity contribution in [1.29, 1.82) is 0 Å². The standard InChI is InChI=1S/C22H23FN4O/c1-15-13-25-14-17-3-2-4-19(20(15)17)26-9-11-27(12-10-26)22(28)21(24)16-5-7-18(23)8-6-16/h2-8,13-14,21H,9-12,24H2,1H3. The number of hydrogen-bond acceptors (Lipinski definition) is 4. The van der Waals surface area contributed by atoms with Crippen molar-refractivity contribution in [2.45, 2.75) is 13.0 Å². The van der Waals surface area contributed by atoms with Gasteiger partial charge in [-0.05, 0) is 36.2 Å². The molecule has 1 aliphatic rings. The van der Waals surface area contributed by atoms with Crippen molar-refractivity contribution >= 4 is 22.4 Å². The van der Waals surface area contributed by atoms with Gasteiger partial charge in [0.15, 0.2) is 0 Å². The highest BCUT2D eigenvalue weighted by Gasteiger charge is 2.27. The van der Waals surface area contributed by atoms with Crippen LogP contribution in [0.2, 0.25) is 0 Å². The van der Waals surface area contributed by atoms with Gasteiger partial charge < -0.3 is 15.5 Å². The Morgan fingerprint density at radius 2 is 1.79 bits per heavy atom. The minimum absolute atomic E-state index is 0.121. The number of carbonyl (C=O) groups excluding carboxylic acids is 1. The molecule has 0 bridgehead atoms. The third kappa shape index (κ3) is 3.43. The molecule has 28 heavy (non-hydrogen) atoms. The maximum absolute atomic E-state index is 13.1. The normalized spacial score (nSPS) is 15.7. The van der Waals surface area contributed by atoms with Crippen molar-refractivity contribution in [3.8, 4) is 0 Å². The Morgan fingerprint density at radius 1 is 1.07 bits per heavy atom. The lowest BCUT2D eigenvalue weighted by Gasteiger charge is -2.37. The summed E-state index contributed by atoms with van der Waals surface area (Å²) in [6, 6.07) is 11.3. The molecule has 3 aromatic rings. The van der Waals surface area contributed by atoms with Crippen molar-refractivity contribution in [3.63, 3.8) is 0 Å². The topological polar surface area (TPSA) is 62.5 Å². The number of aryl methyl sites for hydroxylation is 1. The van der Waals surface area contributed by atoms with E-state index in [2.05, 4.69) is 28.9 Å². The molecule has 1 aromatic heterocycles. The SMILES string of the molecule is Cc1cncc2cccc(N3CCN(C(=O)C(N)c4ccc(F)cc4)CC3)c12. The molecule has 1 atom stereocenters. The second-order valence-corrected chi connectivity index (χ2v) is 7.17. The average molecular weight is 378 g/mol. The molecule has 0 radical (unpaired) electrons. The number of nitrogens with zero attached hydrogens (tertiary/aromatic N) is 3. The molecule has 5 nitrogen and oxygen atoms in total. The summed E-state index contributed by atoms with van der Waals surface area (Å²) in [6.07, 6.45) is 3.76. The number of aromatic nitrogens is 1. The maximum atomic E-state index is 13.1. The number of rotatable bonds is 3. The number of fused-ring (bicyclic) bond motifs is 1. The minimum atomic E-state index is -0.766. The molecular formula is C22H23FN4O. The summed E-state index contributed by atoms with van der Waals surface area (Å²) in [4.78, 5) is 21.2. The zero-order valence-corrected chi connectivity index (χ0v) is 15.8. The first-order valence-corrected chi connectivity index (χ1v) is 9.43. The van der Waals surface area contributed by atoms with Gasteiger partial charge in [0.2, 0.25) is 5.91 Å². The van der Waals surface area contributed by atoms with Crippen molar-refractivity contribution in [2.75, 3.05) is 31.1 Å². The van der Waals surface area contributed by atoms with Crippen LogP contribution in [0.25, 0.3) is 10.8 Å². The number of benzene rings is 2. The maximum Gasteiger partial charge on any atom is 0.244 e. The molecule has 2 N–H and O–H groups in total. The van der Waals surface area contributed by atoms with Gasteiger partial charge in [0, 0.05) is 55.0 Å². The van der Waals surface area contributed by atoms with Crippen LogP contribution in [0, 0.1) is 12.7 Å². The first kappa shape index (κ1) is 18.4. The highest BCUT2D eigenvalue weighted by Crippen LogP contribution is 2.30. The van der Waals surface area contributed by atoms with E-state index >= 15 is 0 Å². The van der Waals surface area contributed by atoms with Gasteiger partial charge in [-0.15, -0.1) is 0 Å². The minimum Gasteiger partial charge on any atom is -0.367 e. The largest absolute Gasteiger partial charge is 0.367 e. The number of pyridine rings is 1. The Kier molecular flexibility index (Phi) is 4.96. The summed E-state index contributed by atoms with van der Waals surface area (Å²) < 4.78 is 13.1. The average Bonchev–Trinajstić information content (AvgIpc) is 2.73. The summed E-state index contributed by atoms with van der Waals surface area (Å²) in [6.45, 7) is 4.76. The molecule has 0 saturated carbocycles. The number of hydrogen-bond donors (Lipinski definition) is 1. The summed E-state index contributed by atoms with van der Waals surface area (Å²) in [7, 11) is 0. The van der Waals surface area contributed by atoms with Gasteiger partial charge in [0.05, 0.1) is 0 Å². The monoisotopic (exact) mass is 378 g/mol. The van der Waals surface area contributed by atoms with Crippen LogP contribution in [-0.4, -0.2) is 42.0 Å². The van der Waals surface area contributed by atoms with Crippen molar-refractivity contribution in [1.82, 2.24) is 9.88 Å². The second kappa shape index (κ2) is 7.56. The first-order valence-electron chi connectivity index (χ1n) is 9.43. The van der Waals surface area contributed by atoms with Crippen LogP contribution in [0.4, 0.5) is 10.1 Å². The van der Waals surface area contributed by atoms with Crippen LogP contribution in [0.3, 0.4) is 0 Å². The number of anilines is 1. The number of halogens is 1. The fourth-order valence-corrected chi connectivity index (χ4v) is 3.83. The van der Waals surface area contributed by atoms with Gasteiger partial charge in [-0.2, -0.15) is 0 Å². The Bertz CT molecular complexity index is 992. The summed E-state index contributed by atoms with van der Waals surface area (Å²) in [5.41, 5.74) is 9.07. The van der Waals surface area contributed by atoms with E-state index in [1.165, 1.54) is 23.2 Å². The summed E-state index contributed by atoms with van der Waals surface area (Å²) >= 11 is 0. The number of piperazine rings is 1. The first-order chi connectivity index (χ1) is 13.5. The lowest BCUT2D eigenvalue weighted by atomic mass is 10.0. The van der Waals surface area contributed by atoms with Crippen LogP contribution in [0.1, 0.15) is 17.2 Å². The van der Waals surface area contributed by atoms with Gasteiger partial charge in [0.25, 0.3) is 0 Å². The molecule has 2 heterocycles. The highest BCUT2D eigenvalue weighted by molar-refractivity contribution is 5.96. The van der Waals surface area contributed by atoms with Gasteiger partial charge in [0.1, 0.15) is 11.9 Å². The number of amides is 1. The van der Waals surface area contributed by atoms with E-state index in [1.807, 2.05) is 18.5 Å². The Labute approximate surface area is 163 Å². The number of nitrogens with two attached hydrogens (primary N) is 1. The van der Waals surface area contributed by atoms with Crippen LogP contribution in [0.5, 0.6) is 0 Å². The van der Waals surface area contributed by atoms with E-state index in [4.69, 9.17) is 5.73 Å². The molecule has 1 fully saturated rings. The molecular weight excluding hydrogens is 355 g/mol. The van der Waals surface area contributed by atoms with Crippen LogP contribution in [-0.2, 0) is 4.79 Å². The van der Waals surface area contributed by atoms with E-state index in [1.54, 1.807) is 17.0 Å². The van der Waals surface area contributed by atoms with Crippen molar-refractivity contribution in [3.05, 3.63) is 71.8 Å². The van der Waals surface area contributed by atoms with Gasteiger partial charge >= 0.3 is 0 Å². The van der Waals surface area contributed by atoms with Crippen molar-refractivity contribution in [2.24, 2.45) is 5.73 Å². The Balaban J connectivity index is 1.48. The number of carbonyl (C=O) groups is 1. The fourth-order valence-electron chi connectivity index (χ4n) is 3.83. The van der Waals surface area contributed by atoms with E-state index in [0.29, 0.717) is 18.7 Å². The van der Waals surface area contributed by atoms with Gasteiger partial charge in [-0.3, -0.25) is 9.78 Å². The van der Waals surface area contributed by atoms with Crippen molar-refractivity contribution < 1.29 is 9.18 Å². The van der Waals surface area contributed by atoms with E-state index in [0.717, 1.165) is 24.0 Å². The highest BCUT2D eigenvalue weighted by atomic mass is 19.1. The molecule has 1 saturated heterocycles. The second-order valence-electron chi connectivity index (χ2n) is 7.17. The summed E-state index contributed by atoms with van der Waals surface area (Å²) in [5, 5.41) is 2.33. The third-order valence-corrected chi connectivity index (χ3v) is 5.38. The smallest absolute Gasteiger partial charge is 0.244 e. The van der Waals surface area contributed by atoms with Gasteiger partial charge in [-0.25, -0.2) is 4.39 Å². The van der Waals surface area contributed by atoms with E-state index in [9.17, 15) is 9.18 Å². The molecule has 1 amide bonds. The fraction of sp³-hybridized carbons (Fsp3) is 0.273. The zero-order valence-electron chi connectivity index (χ0n) is 15.8. The quantitative estimate of drug-likeness (QED) is 0.761. The summed E-state index contributed by atoms with van der Waals surface area (Å²) in [5.74, 6) is -0.456. The molecule has 4 rings (SSSR count). The lowest BCUT2D eigenvalue weighted by Crippen LogP contribution is -2.51. The Morgan fingerprint density at radius 3 is 2.50 bits per heavy atom. The van der Waals surface area contributed by atoms with E-state index in [-0.39, 0.29) is 11.7 Å². The molecule has 144 valence electrons. The van der Waals surface area contributed by atoms with Gasteiger partial charge in [-0.1, -0.05) is 24.3 Å². The van der Waals surface area contributed by atoms with Crippen LogP contribution in [0.15, 0.2) is 54.9 Å². The van der Waals surface area contributed by atoms with E-state index < -0.39 is 6.04 Å². The molecule has 6 heteroatoms.